The Labute approximate surface area is 124 Å². The number of aliphatic hydroxyl groups is 1. The molecule has 0 spiro atoms. The van der Waals surface area contributed by atoms with E-state index in [2.05, 4.69) is 10.3 Å². The van der Waals surface area contributed by atoms with Gasteiger partial charge in [-0.1, -0.05) is 6.07 Å². The van der Waals surface area contributed by atoms with Crippen LogP contribution in [0.5, 0.6) is 0 Å². The average molecular weight is 294 g/mol. The molecule has 2 N–H and O–H groups in total. The van der Waals surface area contributed by atoms with Crippen LogP contribution in [0.1, 0.15) is 31.4 Å². The van der Waals surface area contributed by atoms with Gasteiger partial charge in [0.05, 0.1) is 5.60 Å². The molecule has 2 rings (SSSR count). The number of nitrogens with zero attached hydrogens (tertiary/aromatic N) is 1. The number of rotatable bonds is 6. The normalized spacial score (nSPS) is 17.6. The zero-order chi connectivity index (χ0) is 14.3. The Hall–Kier alpha value is -1.07. The monoisotopic (exact) mass is 294 g/mol. The molecular formula is C15H22N2O2S. The van der Waals surface area contributed by atoms with Crippen molar-refractivity contribution >= 4 is 17.7 Å². The van der Waals surface area contributed by atoms with Gasteiger partial charge in [0, 0.05) is 24.9 Å². The molecule has 0 aliphatic carbocycles. The first-order valence-corrected chi connectivity index (χ1v) is 8.30. The van der Waals surface area contributed by atoms with Crippen LogP contribution in [0.3, 0.4) is 0 Å². The van der Waals surface area contributed by atoms with Crippen molar-refractivity contribution in [2.75, 3.05) is 18.1 Å². The standard InChI is InChI=1S/C15H22N2O2S/c18-14(6-3-5-13-4-1-2-9-16-13)17-12-15(19)7-10-20-11-8-15/h1-2,4,9,19H,3,5-8,10-12H2,(H,17,18). The average Bonchev–Trinajstić information content (AvgIpc) is 2.47. The van der Waals surface area contributed by atoms with E-state index in [1.807, 2.05) is 30.0 Å². The molecule has 0 unspecified atom stereocenters. The van der Waals surface area contributed by atoms with Crippen LogP contribution in [0.4, 0.5) is 0 Å². The molecule has 0 saturated carbocycles. The maximum atomic E-state index is 11.8. The number of carbonyl (C=O) groups excluding carboxylic acids is 1. The van der Waals surface area contributed by atoms with Crippen LogP contribution in [-0.2, 0) is 11.2 Å². The van der Waals surface area contributed by atoms with Crippen molar-refractivity contribution in [1.82, 2.24) is 10.3 Å². The molecule has 20 heavy (non-hydrogen) atoms. The van der Waals surface area contributed by atoms with E-state index in [9.17, 15) is 9.90 Å². The Morgan fingerprint density at radius 2 is 2.20 bits per heavy atom. The number of aryl methyl sites for hydroxylation is 1. The highest BCUT2D eigenvalue weighted by atomic mass is 32.2. The van der Waals surface area contributed by atoms with E-state index in [4.69, 9.17) is 0 Å². The van der Waals surface area contributed by atoms with Crippen LogP contribution >= 0.6 is 11.8 Å². The molecule has 1 amide bonds. The van der Waals surface area contributed by atoms with Crippen molar-refractivity contribution < 1.29 is 9.90 Å². The summed E-state index contributed by atoms with van der Waals surface area (Å²) in [7, 11) is 0. The van der Waals surface area contributed by atoms with Crippen molar-refractivity contribution in [3.05, 3.63) is 30.1 Å². The number of carbonyl (C=O) groups is 1. The van der Waals surface area contributed by atoms with Crippen molar-refractivity contribution in [2.45, 2.75) is 37.7 Å². The first-order chi connectivity index (χ1) is 9.68. The van der Waals surface area contributed by atoms with Gasteiger partial charge in [0.1, 0.15) is 0 Å². The predicted octanol–water partition coefficient (Wildman–Crippen LogP) is 1.78. The summed E-state index contributed by atoms with van der Waals surface area (Å²) in [5, 5.41) is 13.1. The summed E-state index contributed by atoms with van der Waals surface area (Å²) in [6.45, 7) is 0.385. The summed E-state index contributed by atoms with van der Waals surface area (Å²) in [6.07, 6.45) is 5.40. The zero-order valence-electron chi connectivity index (χ0n) is 11.7. The highest BCUT2D eigenvalue weighted by molar-refractivity contribution is 7.99. The molecule has 5 heteroatoms. The van der Waals surface area contributed by atoms with Gasteiger partial charge in [0.25, 0.3) is 0 Å². The number of hydrogen-bond donors (Lipinski definition) is 2. The minimum atomic E-state index is -0.693. The Kier molecular flexibility index (Phi) is 5.86. The van der Waals surface area contributed by atoms with E-state index >= 15 is 0 Å². The van der Waals surface area contributed by atoms with Crippen molar-refractivity contribution in [3.63, 3.8) is 0 Å². The van der Waals surface area contributed by atoms with Gasteiger partial charge < -0.3 is 10.4 Å². The molecule has 0 atom stereocenters. The smallest absolute Gasteiger partial charge is 0.220 e. The summed E-state index contributed by atoms with van der Waals surface area (Å²) in [5.41, 5.74) is 0.324. The Bertz CT molecular complexity index is 419. The van der Waals surface area contributed by atoms with Gasteiger partial charge in [-0.25, -0.2) is 0 Å². The van der Waals surface area contributed by atoms with Gasteiger partial charge in [-0.3, -0.25) is 9.78 Å². The van der Waals surface area contributed by atoms with Gasteiger partial charge in [-0.15, -0.1) is 0 Å². The first-order valence-electron chi connectivity index (χ1n) is 7.15. The van der Waals surface area contributed by atoms with E-state index in [0.29, 0.717) is 13.0 Å². The predicted molar refractivity (Wildman–Crippen MR) is 81.7 cm³/mol. The lowest BCUT2D eigenvalue weighted by atomic mass is 9.97. The molecule has 1 saturated heterocycles. The SMILES string of the molecule is O=C(CCCc1ccccn1)NCC1(O)CCSCC1. The van der Waals surface area contributed by atoms with E-state index in [1.165, 1.54) is 0 Å². The topological polar surface area (TPSA) is 62.2 Å². The molecule has 0 bridgehead atoms. The van der Waals surface area contributed by atoms with Crippen LogP contribution in [0.2, 0.25) is 0 Å². The van der Waals surface area contributed by atoms with Crippen LogP contribution in [0.15, 0.2) is 24.4 Å². The summed E-state index contributed by atoms with van der Waals surface area (Å²) in [6, 6.07) is 5.82. The highest BCUT2D eigenvalue weighted by Gasteiger charge is 2.29. The van der Waals surface area contributed by atoms with Gasteiger partial charge in [0.15, 0.2) is 0 Å². The molecule has 110 valence electrons. The number of hydrogen-bond acceptors (Lipinski definition) is 4. The third-order valence-electron chi connectivity index (χ3n) is 3.60. The van der Waals surface area contributed by atoms with Gasteiger partial charge in [-0.05, 0) is 49.3 Å². The molecular weight excluding hydrogens is 272 g/mol. The number of amides is 1. The van der Waals surface area contributed by atoms with Crippen LogP contribution < -0.4 is 5.32 Å². The first kappa shape index (κ1) is 15.3. The van der Waals surface area contributed by atoms with E-state index < -0.39 is 5.60 Å². The van der Waals surface area contributed by atoms with Crippen LogP contribution in [0.25, 0.3) is 0 Å². The maximum absolute atomic E-state index is 11.8. The number of thioether (sulfide) groups is 1. The lowest BCUT2D eigenvalue weighted by Crippen LogP contribution is -2.45. The van der Waals surface area contributed by atoms with E-state index in [0.717, 1.165) is 42.9 Å². The lowest BCUT2D eigenvalue weighted by molar-refractivity contribution is -0.122. The Morgan fingerprint density at radius 1 is 1.40 bits per heavy atom. The highest BCUT2D eigenvalue weighted by Crippen LogP contribution is 2.26. The van der Waals surface area contributed by atoms with E-state index in [1.54, 1.807) is 6.20 Å². The fourth-order valence-electron chi connectivity index (χ4n) is 2.26. The van der Waals surface area contributed by atoms with Gasteiger partial charge in [-0.2, -0.15) is 11.8 Å². The number of pyridine rings is 1. The molecule has 1 aromatic heterocycles. The minimum absolute atomic E-state index is 0.0209. The fourth-order valence-corrected chi connectivity index (χ4v) is 3.51. The second-order valence-corrected chi connectivity index (χ2v) is 6.51. The van der Waals surface area contributed by atoms with Crippen LogP contribution in [0, 0.1) is 0 Å². The molecule has 1 aliphatic heterocycles. The molecule has 2 heterocycles. The van der Waals surface area contributed by atoms with Crippen molar-refractivity contribution in [2.24, 2.45) is 0 Å². The molecule has 1 fully saturated rings. The molecule has 0 radical (unpaired) electrons. The summed E-state index contributed by atoms with van der Waals surface area (Å²) >= 11 is 1.86. The molecule has 1 aromatic rings. The zero-order valence-corrected chi connectivity index (χ0v) is 12.5. The molecule has 1 aliphatic rings. The van der Waals surface area contributed by atoms with Crippen molar-refractivity contribution in [1.29, 1.82) is 0 Å². The van der Waals surface area contributed by atoms with E-state index in [-0.39, 0.29) is 5.91 Å². The van der Waals surface area contributed by atoms with Crippen molar-refractivity contribution in [3.8, 4) is 0 Å². The Morgan fingerprint density at radius 3 is 2.90 bits per heavy atom. The quantitative estimate of drug-likeness (QED) is 0.839. The fraction of sp³-hybridized carbons (Fsp3) is 0.600. The number of nitrogens with one attached hydrogen (secondary N) is 1. The minimum Gasteiger partial charge on any atom is -0.388 e. The third-order valence-corrected chi connectivity index (χ3v) is 4.59. The van der Waals surface area contributed by atoms with Crippen LogP contribution in [-0.4, -0.2) is 39.6 Å². The second-order valence-electron chi connectivity index (χ2n) is 5.29. The third kappa shape index (κ3) is 5.13. The number of aromatic nitrogens is 1. The van der Waals surface area contributed by atoms with Gasteiger partial charge >= 0.3 is 0 Å². The molecule has 0 aromatic carbocycles. The Balaban J connectivity index is 1.63. The maximum Gasteiger partial charge on any atom is 0.220 e. The lowest BCUT2D eigenvalue weighted by Gasteiger charge is -2.31. The summed E-state index contributed by atoms with van der Waals surface area (Å²) in [4.78, 5) is 16.0. The summed E-state index contributed by atoms with van der Waals surface area (Å²) in [5.74, 6) is 1.98. The summed E-state index contributed by atoms with van der Waals surface area (Å²) < 4.78 is 0. The molecule has 4 nitrogen and oxygen atoms in total. The largest absolute Gasteiger partial charge is 0.388 e. The van der Waals surface area contributed by atoms with Gasteiger partial charge in [0.2, 0.25) is 5.91 Å². The second kappa shape index (κ2) is 7.64.